The van der Waals surface area contributed by atoms with Gasteiger partial charge in [-0.3, -0.25) is 0 Å². The number of rotatable bonds is 3. The molecule has 0 spiro atoms. The molecule has 0 bridgehead atoms. The number of hydrogen-bond acceptors (Lipinski definition) is 5. The zero-order valence-electron chi connectivity index (χ0n) is 12.7. The van der Waals surface area contributed by atoms with Crippen LogP contribution in [0.25, 0.3) is 0 Å². The molecule has 1 atom stereocenters. The minimum Gasteiger partial charge on any atom is -0.373 e. The molecule has 106 valence electrons. The summed E-state index contributed by atoms with van der Waals surface area (Å²) in [5.74, 6) is 1.90. The fourth-order valence-corrected chi connectivity index (χ4v) is 2.55. The summed E-state index contributed by atoms with van der Waals surface area (Å²) in [6, 6.07) is 0.505. The average molecular weight is 263 g/mol. The third-order valence-corrected chi connectivity index (χ3v) is 4.07. The van der Waals surface area contributed by atoms with E-state index in [0.717, 1.165) is 49.0 Å². The number of aromatic nitrogens is 2. The summed E-state index contributed by atoms with van der Waals surface area (Å²) in [4.78, 5) is 14.1. The van der Waals surface area contributed by atoms with Gasteiger partial charge in [-0.15, -0.1) is 0 Å². The van der Waals surface area contributed by atoms with Gasteiger partial charge in [0.1, 0.15) is 11.6 Å². The Balaban J connectivity index is 2.16. The first-order valence-corrected chi connectivity index (χ1v) is 6.92. The highest BCUT2D eigenvalue weighted by atomic mass is 15.3. The molecule has 0 aromatic carbocycles. The van der Waals surface area contributed by atoms with Crippen LogP contribution >= 0.6 is 0 Å². The number of piperazine rings is 1. The lowest BCUT2D eigenvalue weighted by Crippen LogP contribution is -2.51. The monoisotopic (exact) mass is 263 g/mol. The number of hydrogen-bond donors (Lipinski definition) is 1. The van der Waals surface area contributed by atoms with Crippen molar-refractivity contribution < 1.29 is 0 Å². The van der Waals surface area contributed by atoms with Gasteiger partial charge in [-0.25, -0.2) is 9.97 Å². The van der Waals surface area contributed by atoms with Crippen LogP contribution in [0.15, 0.2) is 0 Å². The topological polar surface area (TPSA) is 44.3 Å². The van der Waals surface area contributed by atoms with E-state index in [2.05, 4.69) is 53.0 Å². The maximum atomic E-state index is 4.64. The zero-order valence-corrected chi connectivity index (χ0v) is 12.7. The molecule has 1 aromatic heterocycles. The Bertz CT molecular complexity index is 446. The number of likely N-dealkylation sites (N-methyl/N-ethyl adjacent to an activating group) is 2. The lowest BCUT2D eigenvalue weighted by atomic mass is 10.1. The van der Waals surface area contributed by atoms with E-state index < -0.39 is 0 Å². The van der Waals surface area contributed by atoms with Crippen LogP contribution in [0.2, 0.25) is 0 Å². The van der Waals surface area contributed by atoms with E-state index in [-0.39, 0.29) is 0 Å². The summed E-state index contributed by atoms with van der Waals surface area (Å²) in [5, 5.41) is 3.16. The minimum atomic E-state index is 0.505. The van der Waals surface area contributed by atoms with Crippen LogP contribution in [-0.4, -0.2) is 66.6 Å². The van der Waals surface area contributed by atoms with E-state index in [4.69, 9.17) is 0 Å². The Hall–Kier alpha value is -1.20. The quantitative estimate of drug-likeness (QED) is 0.878. The van der Waals surface area contributed by atoms with E-state index in [0.29, 0.717) is 6.04 Å². The van der Waals surface area contributed by atoms with Crippen molar-refractivity contribution >= 4 is 5.82 Å². The van der Waals surface area contributed by atoms with Crippen molar-refractivity contribution in [2.45, 2.75) is 26.3 Å². The molecule has 1 unspecified atom stereocenters. The predicted molar refractivity (Wildman–Crippen MR) is 78.7 cm³/mol. The van der Waals surface area contributed by atoms with Crippen LogP contribution < -0.4 is 5.32 Å². The molecule has 0 amide bonds. The predicted octanol–water partition coefficient (Wildman–Crippen LogP) is 0.923. The Morgan fingerprint density at radius 3 is 2.63 bits per heavy atom. The second-order valence-corrected chi connectivity index (χ2v) is 5.55. The number of aryl methyl sites for hydroxylation is 1. The normalized spacial score (nSPS) is 21.6. The van der Waals surface area contributed by atoms with Crippen molar-refractivity contribution in [1.82, 2.24) is 19.8 Å². The van der Waals surface area contributed by atoms with Gasteiger partial charge in [0.05, 0.1) is 0 Å². The summed E-state index contributed by atoms with van der Waals surface area (Å²) in [7, 11) is 6.29. The van der Waals surface area contributed by atoms with Gasteiger partial charge in [0.15, 0.2) is 0 Å². The van der Waals surface area contributed by atoms with E-state index in [9.17, 15) is 0 Å². The van der Waals surface area contributed by atoms with Gasteiger partial charge in [0.25, 0.3) is 0 Å². The van der Waals surface area contributed by atoms with Crippen molar-refractivity contribution in [1.29, 1.82) is 0 Å². The van der Waals surface area contributed by atoms with Crippen LogP contribution in [0.1, 0.15) is 17.1 Å². The van der Waals surface area contributed by atoms with Gasteiger partial charge in [0.2, 0.25) is 0 Å². The summed E-state index contributed by atoms with van der Waals surface area (Å²) in [6.45, 7) is 7.46. The van der Waals surface area contributed by atoms with Crippen molar-refractivity contribution in [3.63, 3.8) is 0 Å². The first kappa shape index (κ1) is 14.2. The van der Waals surface area contributed by atoms with Crippen LogP contribution in [-0.2, 0) is 6.42 Å². The van der Waals surface area contributed by atoms with Crippen molar-refractivity contribution in [3.8, 4) is 0 Å². The first-order chi connectivity index (χ1) is 9.01. The molecule has 0 aliphatic carbocycles. The maximum absolute atomic E-state index is 4.64. The summed E-state index contributed by atoms with van der Waals surface area (Å²) < 4.78 is 0. The highest BCUT2D eigenvalue weighted by Crippen LogP contribution is 2.16. The second kappa shape index (κ2) is 5.84. The molecule has 5 heteroatoms. The summed E-state index contributed by atoms with van der Waals surface area (Å²) >= 11 is 0. The molecule has 0 saturated carbocycles. The molecule has 5 nitrogen and oxygen atoms in total. The lowest BCUT2D eigenvalue weighted by Gasteiger charge is -2.37. The molecule has 2 rings (SSSR count). The fraction of sp³-hybridized carbons (Fsp3) is 0.714. The molecule has 19 heavy (non-hydrogen) atoms. The van der Waals surface area contributed by atoms with Crippen molar-refractivity contribution in [2.75, 3.05) is 46.1 Å². The van der Waals surface area contributed by atoms with Gasteiger partial charge in [-0.1, -0.05) is 0 Å². The molecule has 1 aliphatic rings. The van der Waals surface area contributed by atoms with E-state index >= 15 is 0 Å². The summed E-state index contributed by atoms with van der Waals surface area (Å²) in [5.41, 5.74) is 2.21. The zero-order chi connectivity index (χ0) is 14.0. The van der Waals surface area contributed by atoms with Crippen molar-refractivity contribution in [2.24, 2.45) is 0 Å². The SMILES string of the molecule is CNc1nc(CC2CN(C)CCN2C)nc(C)c1C. The third kappa shape index (κ3) is 3.22. The molecule has 1 N–H and O–H groups in total. The largest absolute Gasteiger partial charge is 0.373 e. The average Bonchev–Trinajstić information content (AvgIpc) is 2.38. The van der Waals surface area contributed by atoms with Crippen LogP contribution in [0.4, 0.5) is 5.82 Å². The standard InChI is InChI=1S/C14H25N5/c1-10-11(2)16-13(17-14(10)15-3)8-12-9-18(4)6-7-19(12)5/h12H,6-9H2,1-5H3,(H,15,16,17). The minimum absolute atomic E-state index is 0.505. The number of nitrogens with zero attached hydrogens (tertiary/aromatic N) is 4. The summed E-state index contributed by atoms with van der Waals surface area (Å²) in [6.07, 6.45) is 0.913. The molecule has 1 saturated heterocycles. The van der Waals surface area contributed by atoms with Crippen LogP contribution in [0, 0.1) is 13.8 Å². The lowest BCUT2D eigenvalue weighted by molar-refractivity contribution is 0.113. The Morgan fingerprint density at radius 2 is 1.95 bits per heavy atom. The van der Waals surface area contributed by atoms with Crippen LogP contribution in [0.5, 0.6) is 0 Å². The highest BCUT2D eigenvalue weighted by Gasteiger charge is 2.23. The van der Waals surface area contributed by atoms with Gasteiger partial charge in [-0.05, 0) is 27.9 Å². The number of anilines is 1. The highest BCUT2D eigenvalue weighted by molar-refractivity contribution is 5.44. The van der Waals surface area contributed by atoms with Gasteiger partial charge < -0.3 is 15.1 Å². The van der Waals surface area contributed by atoms with Gasteiger partial charge in [0, 0.05) is 50.4 Å². The molecule has 1 aliphatic heterocycles. The van der Waals surface area contributed by atoms with Gasteiger partial charge >= 0.3 is 0 Å². The third-order valence-electron chi connectivity index (χ3n) is 4.07. The molecular formula is C14H25N5. The van der Waals surface area contributed by atoms with E-state index in [1.165, 1.54) is 0 Å². The van der Waals surface area contributed by atoms with Crippen LogP contribution in [0.3, 0.4) is 0 Å². The molecular weight excluding hydrogens is 238 g/mol. The maximum Gasteiger partial charge on any atom is 0.132 e. The Labute approximate surface area is 116 Å². The second-order valence-electron chi connectivity index (χ2n) is 5.55. The van der Waals surface area contributed by atoms with Gasteiger partial charge in [-0.2, -0.15) is 0 Å². The molecule has 1 fully saturated rings. The Kier molecular flexibility index (Phi) is 4.37. The van der Waals surface area contributed by atoms with Crippen molar-refractivity contribution in [3.05, 3.63) is 17.1 Å². The Morgan fingerprint density at radius 1 is 1.21 bits per heavy atom. The van der Waals surface area contributed by atoms with E-state index in [1.807, 2.05) is 7.05 Å². The molecule has 2 heterocycles. The smallest absolute Gasteiger partial charge is 0.132 e. The first-order valence-electron chi connectivity index (χ1n) is 6.92. The molecule has 1 aromatic rings. The fourth-order valence-electron chi connectivity index (χ4n) is 2.55. The number of nitrogens with one attached hydrogen (secondary N) is 1. The van der Waals surface area contributed by atoms with E-state index in [1.54, 1.807) is 0 Å². The molecule has 0 radical (unpaired) electrons.